The van der Waals surface area contributed by atoms with Gasteiger partial charge in [-0.2, -0.15) is 17.2 Å². The molecule has 0 aliphatic rings. The molecule has 0 unspecified atom stereocenters. The minimum Gasteiger partial charge on any atom is -0.251 e. The smallest absolute Gasteiger partial charge is 0.0774 e. The molecule has 0 heterocycles. The van der Waals surface area contributed by atoms with Crippen molar-refractivity contribution in [2.75, 3.05) is 0 Å². The van der Waals surface area contributed by atoms with Crippen LogP contribution in [0.2, 0.25) is 0 Å². The Morgan fingerprint density at radius 2 is 1.83 bits per heavy atom. The third-order valence-electron chi connectivity index (χ3n) is 2.04. The van der Waals surface area contributed by atoms with Crippen LogP contribution in [-0.4, -0.2) is 0 Å². The zero-order chi connectivity index (χ0) is 8.39. The maximum atomic E-state index is 3.77. The first-order valence-electron chi connectivity index (χ1n) is 4.02. The first-order valence-corrected chi connectivity index (χ1v) is 4.02. The molecule has 2 aromatic rings. The van der Waals surface area contributed by atoms with Crippen LogP contribution >= 0.6 is 0 Å². The minimum absolute atomic E-state index is 1.21. The summed E-state index contributed by atoms with van der Waals surface area (Å²) in [5.74, 6) is 0. The largest absolute Gasteiger partial charge is 0.251 e. The molecule has 60 valence electrons. The van der Waals surface area contributed by atoms with Crippen LogP contribution in [0, 0.1) is 0 Å². The molecule has 2 aromatic carbocycles. The van der Waals surface area contributed by atoms with Gasteiger partial charge in [-0.15, -0.1) is 12.1 Å². The van der Waals surface area contributed by atoms with Crippen molar-refractivity contribution in [2.45, 2.75) is 0 Å². The SMILES string of the molecule is C=C[c-]1cccc1-[c-]1cccc1. The van der Waals surface area contributed by atoms with Gasteiger partial charge in [0.15, 0.2) is 0 Å². The molecule has 0 aliphatic carbocycles. The molecule has 0 radical (unpaired) electrons. The molecule has 0 bridgehead atoms. The van der Waals surface area contributed by atoms with E-state index in [0.29, 0.717) is 0 Å². The fraction of sp³-hybridized carbons (Fsp3) is 0. The van der Waals surface area contributed by atoms with Crippen molar-refractivity contribution in [3.63, 3.8) is 0 Å². The molecule has 0 N–H and O–H groups in total. The molecule has 12 heavy (non-hydrogen) atoms. The van der Waals surface area contributed by atoms with E-state index in [1.54, 1.807) is 0 Å². The van der Waals surface area contributed by atoms with E-state index in [0.717, 1.165) is 0 Å². The molecular formula is C12H10-2. The van der Waals surface area contributed by atoms with Crippen molar-refractivity contribution < 1.29 is 0 Å². The van der Waals surface area contributed by atoms with Gasteiger partial charge in [-0.25, -0.2) is 24.3 Å². The van der Waals surface area contributed by atoms with Gasteiger partial charge >= 0.3 is 0 Å². The summed E-state index contributed by atoms with van der Waals surface area (Å²) in [5.41, 5.74) is 3.76. The topological polar surface area (TPSA) is 0 Å². The van der Waals surface area contributed by atoms with Crippen molar-refractivity contribution in [2.24, 2.45) is 0 Å². The average Bonchev–Trinajstić information content (AvgIpc) is 2.74. The predicted molar refractivity (Wildman–Crippen MR) is 53.2 cm³/mol. The Kier molecular flexibility index (Phi) is 1.67. The van der Waals surface area contributed by atoms with Gasteiger partial charge in [-0.05, 0) is 0 Å². The molecule has 0 saturated heterocycles. The first kappa shape index (κ1) is 7.11. The second-order valence-corrected chi connectivity index (χ2v) is 2.77. The van der Waals surface area contributed by atoms with Crippen LogP contribution in [0.3, 0.4) is 0 Å². The maximum absolute atomic E-state index is 3.77. The molecule has 0 heteroatoms. The van der Waals surface area contributed by atoms with Crippen LogP contribution in [0.15, 0.2) is 49.0 Å². The van der Waals surface area contributed by atoms with Crippen molar-refractivity contribution in [1.29, 1.82) is 0 Å². The average molecular weight is 154 g/mol. The van der Waals surface area contributed by atoms with E-state index in [4.69, 9.17) is 0 Å². The van der Waals surface area contributed by atoms with E-state index in [9.17, 15) is 0 Å². The van der Waals surface area contributed by atoms with Crippen LogP contribution in [0.5, 0.6) is 0 Å². The quantitative estimate of drug-likeness (QED) is 0.581. The van der Waals surface area contributed by atoms with Crippen molar-refractivity contribution in [3.05, 3.63) is 54.6 Å². The van der Waals surface area contributed by atoms with Gasteiger partial charge in [-0.1, -0.05) is 12.1 Å². The standard InChI is InChI=1S/C12H10/c1-2-10-8-5-9-12(10)11-6-3-4-7-11/h2-9H,1H2/q-2. The second-order valence-electron chi connectivity index (χ2n) is 2.77. The molecule has 0 fully saturated rings. The molecule has 0 nitrogen and oxygen atoms in total. The first-order chi connectivity index (χ1) is 5.92. The third-order valence-corrected chi connectivity index (χ3v) is 2.04. The molecule has 0 spiro atoms. The van der Waals surface area contributed by atoms with Gasteiger partial charge in [0.25, 0.3) is 0 Å². The zero-order valence-electron chi connectivity index (χ0n) is 6.83. The zero-order valence-corrected chi connectivity index (χ0v) is 6.83. The highest BCUT2D eigenvalue weighted by molar-refractivity contribution is 5.75. The van der Waals surface area contributed by atoms with Crippen LogP contribution in [0.4, 0.5) is 0 Å². The van der Waals surface area contributed by atoms with E-state index in [2.05, 4.69) is 49.0 Å². The maximum Gasteiger partial charge on any atom is -0.0774 e. The summed E-state index contributed by atoms with van der Waals surface area (Å²) in [6.45, 7) is 3.77. The highest BCUT2D eigenvalue weighted by Gasteiger charge is 1.86. The summed E-state index contributed by atoms with van der Waals surface area (Å²) in [6.07, 6.45) is 1.89. The molecule has 0 aliphatic heterocycles. The van der Waals surface area contributed by atoms with E-state index in [1.807, 2.05) is 6.08 Å². The van der Waals surface area contributed by atoms with Gasteiger partial charge in [0.1, 0.15) is 0 Å². The Morgan fingerprint density at radius 1 is 1.08 bits per heavy atom. The lowest BCUT2D eigenvalue weighted by molar-refractivity contribution is 1.78. The van der Waals surface area contributed by atoms with Crippen molar-refractivity contribution >= 4 is 6.08 Å². The van der Waals surface area contributed by atoms with Crippen LogP contribution in [0.25, 0.3) is 17.2 Å². The minimum atomic E-state index is 1.21. The summed E-state index contributed by atoms with van der Waals surface area (Å²) in [7, 11) is 0. The Balaban J connectivity index is 2.53. The number of hydrogen-bond acceptors (Lipinski definition) is 0. The molecule has 2 rings (SSSR count). The van der Waals surface area contributed by atoms with Crippen LogP contribution in [0.1, 0.15) is 5.56 Å². The fourth-order valence-electron chi connectivity index (χ4n) is 1.43. The highest BCUT2D eigenvalue weighted by Crippen LogP contribution is 2.25. The summed E-state index contributed by atoms with van der Waals surface area (Å²) in [6, 6.07) is 14.6. The van der Waals surface area contributed by atoms with Gasteiger partial charge < -0.3 is 0 Å². The molecule has 0 amide bonds. The summed E-state index contributed by atoms with van der Waals surface area (Å²) >= 11 is 0. The van der Waals surface area contributed by atoms with Gasteiger partial charge in [-0.3, -0.25) is 6.07 Å². The lowest BCUT2D eigenvalue weighted by Gasteiger charge is -2.11. The Bertz CT molecular complexity index is 360. The second kappa shape index (κ2) is 2.82. The Hall–Kier alpha value is -1.56. The van der Waals surface area contributed by atoms with E-state index >= 15 is 0 Å². The lowest BCUT2D eigenvalue weighted by Crippen LogP contribution is -1.70. The van der Waals surface area contributed by atoms with Crippen LogP contribution < -0.4 is 0 Å². The highest BCUT2D eigenvalue weighted by atomic mass is 14.1. The molecule has 0 saturated carbocycles. The third kappa shape index (κ3) is 1.02. The van der Waals surface area contributed by atoms with E-state index in [-0.39, 0.29) is 0 Å². The predicted octanol–water partition coefficient (Wildman–Crippen LogP) is 3.43. The van der Waals surface area contributed by atoms with Gasteiger partial charge in [0.05, 0.1) is 0 Å². The summed E-state index contributed by atoms with van der Waals surface area (Å²) in [5, 5.41) is 0. The molecule has 0 atom stereocenters. The Labute approximate surface area is 72.5 Å². The monoisotopic (exact) mass is 154 g/mol. The van der Waals surface area contributed by atoms with Crippen LogP contribution in [-0.2, 0) is 0 Å². The lowest BCUT2D eigenvalue weighted by atomic mass is 10.1. The summed E-state index contributed by atoms with van der Waals surface area (Å²) < 4.78 is 0. The van der Waals surface area contributed by atoms with Gasteiger partial charge in [0.2, 0.25) is 0 Å². The Morgan fingerprint density at radius 3 is 2.50 bits per heavy atom. The number of hydrogen-bond donors (Lipinski definition) is 0. The van der Waals surface area contributed by atoms with Crippen molar-refractivity contribution in [3.8, 4) is 11.1 Å². The normalized spacial score (nSPS) is 10.0. The molecule has 0 aromatic heterocycles. The number of rotatable bonds is 2. The summed E-state index contributed by atoms with van der Waals surface area (Å²) in [4.78, 5) is 0. The van der Waals surface area contributed by atoms with Crippen molar-refractivity contribution in [1.82, 2.24) is 0 Å². The molecular weight excluding hydrogens is 144 g/mol. The fourth-order valence-corrected chi connectivity index (χ4v) is 1.43. The van der Waals surface area contributed by atoms with E-state index in [1.165, 1.54) is 16.7 Å². The van der Waals surface area contributed by atoms with E-state index < -0.39 is 0 Å². The van der Waals surface area contributed by atoms with Gasteiger partial charge in [0, 0.05) is 0 Å².